The van der Waals surface area contributed by atoms with E-state index in [4.69, 9.17) is 10.3 Å². The van der Waals surface area contributed by atoms with E-state index in [1.807, 2.05) is 0 Å². The normalized spacial score (nSPS) is 12.1. The van der Waals surface area contributed by atoms with E-state index < -0.39 is 10.1 Å². The Morgan fingerprint density at radius 2 is 2.20 bits per heavy atom. The number of benzene rings is 1. The van der Waals surface area contributed by atoms with E-state index in [1.54, 1.807) is 18.2 Å². The molecule has 2 aromatic rings. The molecule has 0 spiro atoms. The van der Waals surface area contributed by atoms with Gasteiger partial charge in [-0.3, -0.25) is 4.55 Å². The molecule has 0 fully saturated rings. The van der Waals surface area contributed by atoms with Crippen LogP contribution in [0.4, 0.5) is 5.13 Å². The summed E-state index contributed by atoms with van der Waals surface area (Å²) >= 11 is 1.28. The zero-order valence-electron chi connectivity index (χ0n) is 7.54. The van der Waals surface area contributed by atoms with Gasteiger partial charge in [0.15, 0.2) is 5.13 Å². The number of aromatic nitrogens is 1. The molecule has 80 valence electrons. The van der Waals surface area contributed by atoms with Crippen LogP contribution in [0.5, 0.6) is 0 Å². The Morgan fingerprint density at radius 3 is 2.87 bits per heavy atom. The van der Waals surface area contributed by atoms with Crippen LogP contribution in [0.25, 0.3) is 10.2 Å². The molecule has 1 heterocycles. The van der Waals surface area contributed by atoms with Gasteiger partial charge < -0.3 is 5.73 Å². The third-order valence-electron chi connectivity index (χ3n) is 1.82. The van der Waals surface area contributed by atoms with Crippen LogP contribution in [-0.2, 0) is 15.9 Å². The molecule has 0 aliphatic carbocycles. The predicted octanol–water partition coefficient (Wildman–Crippen LogP) is 1.27. The highest BCUT2D eigenvalue weighted by atomic mass is 32.2. The fourth-order valence-corrected chi connectivity index (χ4v) is 2.69. The lowest BCUT2D eigenvalue weighted by Crippen LogP contribution is -2.00. The molecule has 0 atom stereocenters. The van der Waals surface area contributed by atoms with Crippen LogP contribution in [0.2, 0.25) is 0 Å². The van der Waals surface area contributed by atoms with Crippen molar-refractivity contribution in [3.8, 4) is 0 Å². The van der Waals surface area contributed by atoms with E-state index in [9.17, 15) is 8.42 Å². The van der Waals surface area contributed by atoms with Crippen molar-refractivity contribution in [1.82, 2.24) is 4.98 Å². The van der Waals surface area contributed by atoms with Crippen LogP contribution in [0.1, 0.15) is 5.56 Å². The minimum absolute atomic E-state index is 0.388. The molecule has 7 heteroatoms. The number of nitrogens with two attached hydrogens (primary N) is 1. The van der Waals surface area contributed by atoms with Crippen molar-refractivity contribution in [2.75, 3.05) is 5.73 Å². The minimum atomic E-state index is -3.99. The molecule has 0 saturated carbocycles. The standard InChI is InChI=1S/C8H8N2O3S2/c9-8-10-6-2-1-5(3-7(6)14-8)4-15(11,12)13/h1-3H,4H2,(H2,9,10)(H,11,12,13). The molecule has 0 amide bonds. The molecule has 0 unspecified atom stereocenters. The number of hydrogen-bond acceptors (Lipinski definition) is 5. The van der Waals surface area contributed by atoms with Gasteiger partial charge in [0, 0.05) is 0 Å². The molecule has 5 nitrogen and oxygen atoms in total. The third-order valence-corrected chi connectivity index (χ3v) is 3.36. The third kappa shape index (κ3) is 2.44. The molecular weight excluding hydrogens is 236 g/mol. The Balaban J connectivity index is 2.47. The highest BCUT2D eigenvalue weighted by Crippen LogP contribution is 2.25. The van der Waals surface area contributed by atoms with E-state index >= 15 is 0 Å². The van der Waals surface area contributed by atoms with Gasteiger partial charge in [-0.2, -0.15) is 8.42 Å². The predicted molar refractivity (Wildman–Crippen MR) is 59.3 cm³/mol. The average Bonchev–Trinajstić information content (AvgIpc) is 2.40. The maximum Gasteiger partial charge on any atom is 0.269 e. The lowest BCUT2D eigenvalue weighted by atomic mass is 10.2. The van der Waals surface area contributed by atoms with Crippen LogP contribution in [-0.4, -0.2) is 18.0 Å². The Bertz CT molecular complexity index is 603. The smallest absolute Gasteiger partial charge is 0.269 e. The fraction of sp³-hybridized carbons (Fsp3) is 0.125. The number of nitrogens with zero attached hydrogens (tertiary/aromatic N) is 1. The van der Waals surface area contributed by atoms with Crippen molar-refractivity contribution in [3.05, 3.63) is 23.8 Å². The number of rotatable bonds is 2. The first-order valence-electron chi connectivity index (χ1n) is 4.04. The molecule has 3 N–H and O–H groups in total. The summed E-state index contributed by atoms with van der Waals surface area (Å²) < 4.78 is 30.8. The average molecular weight is 244 g/mol. The molecule has 1 aromatic carbocycles. The Hall–Kier alpha value is -1.18. The summed E-state index contributed by atoms with van der Waals surface area (Å²) in [5.74, 6) is -0.388. The second-order valence-electron chi connectivity index (χ2n) is 3.08. The highest BCUT2D eigenvalue weighted by Gasteiger charge is 2.08. The summed E-state index contributed by atoms with van der Waals surface area (Å²) in [4.78, 5) is 4.04. The molecule has 2 rings (SSSR count). The van der Waals surface area contributed by atoms with Gasteiger partial charge in [-0.15, -0.1) is 0 Å². The first-order chi connectivity index (χ1) is 6.94. The SMILES string of the molecule is Nc1nc2ccc(CS(=O)(=O)O)cc2s1. The van der Waals surface area contributed by atoms with Crippen molar-refractivity contribution < 1.29 is 13.0 Å². The van der Waals surface area contributed by atoms with Crippen molar-refractivity contribution in [1.29, 1.82) is 0 Å². The topological polar surface area (TPSA) is 93.3 Å². The van der Waals surface area contributed by atoms with Gasteiger partial charge in [0.1, 0.15) is 5.75 Å². The van der Waals surface area contributed by atoms with Gasteiger partial charge in [-0.25, -0.2) is 4.98 Å². The first-order valence-corrected chi connectivity index (χ1v) is 6.47. The van der Waals surface area contributed by atoms with Crippen LogP contribution in [0.3, 0.4) is 0 Å². The number of nitrogen functional groups attached to an aromatic ring is 1. The molecule has 0 aliphatic heterocycles. The van der Waals surface area contributed by atoms with Crippen molar-refractivity contribution in [3.63, 3.8) is 0 Å². The summed E-state index contributed by atoms with van der Waals surface area (Å²) in [6, 6.07) is 4.95. The monoisotopic (exact) mass is 244 g/mol. The largest absolute Gasteiger partial charge is 0.375 e. The van der Waals surface area contributed by atoms with E-state index in [1.165, 1.54) is 11.3 Å². The lowest BCUT2D eigenvalue weighted by Gasteiger charge is -1.97. The summed E-state index contributed by atoms with van der Waals surface area (Å²) in [6.45, 7) is 0. The van der Waals surface area contributed by atoms with Gasteiger partial charge >= 0.3 is 0 Å². The molecule has 0 bridgehead atoms. The molecule has 0 radical (unpaired) electrons. The van der Waals surface area contributed by atoms with Gasteiger partial charge in [-0.05, 0) is 17.7 Å². The maximum absolute atomic E-state index is 10.7. The van der Waals surface area contributed by atoms with Gasteiger partial charge in [0.05, 0.1) is 10.2 Å². The molecule has 0 saturated heterocycles. The summed E-state index contributed by atoms with van der Waals surface area (Å²) in [5, 5.41) is 0.439. The molecule has 1 aromatic heterocycles. The number of fused-ring (bicyclic) bond motifs is 1. The van der Waals surface area contributed by atoms with Gasteiger partial charge in [0.25, 0.3) is 10.1 Å². The first kappa shape index (κ1) is 10.3. The minimum Gasteiger partial charge on any atom is -0.375 e. The van der Waals surface area contributed by atoms with E-state index in [0.29, 0.717) is 10.7 Å². The summed E-state index contributed by atoms with van der Waals surface area (Å²) in [7, 11) is -3.99. The van der Waals surface area contributed by atoms with Crippen molar-refractivity contribution >= 4 is 36.8 Å². The Kier molecular flexibility index (Phi) is 2.37. The van der Waals surface area contributed by atoms with Crippen LogP contribution in [0, 0.1) is 0 Å². The van der Waals surface area contributed by atoms with E-state index in [2.05, 4.69) is 4.98 Å². The van der Waals surface area contributed by atoms with Crippen molar-refractivity contribution in [2.24, 2.45) is 0 Å². The molecular formula is C8H8N2O3S2. The Morgan fingerprint density at radius 1 is 1.47 bits per heavy atom. The van der Waals surface area contributed by atoms with Gasteiger partial charge in [-0.1, -0.05) is 17.4 Å². The quantitative estimate of drug-likeness (QED) is 0.776. The van der Waals surface area contributed by atoms with Crippen LogP contribution < -0.4 is 5.73 Å². The maximum atomic E-state index is 10.7. The zero-order valence-corrected chi connectivity index (χ0v) is 9.18. The lowest BCUT2D eigenvalue weighted by molar-refractivity contribution is 0.482. The van der Waals surface area contributed by atoms with Crippen LogP contribution >= 0.6 is 11.3 Å². The van der Waals surface area contributed by atoms with Gasteiger partial charge in [0.2, 0.25) is 0 Å². The number of hydrogen-bond donors (Lipinski definition) is 2. The second-order valence-corrected chi connectivity index (χ2v) is 5.60. The molecule has 15 heavy (non-hydrogen) atoms. The van der Waals surface area contributed by atoms with E-state index in [-0.39, 0.29) is 5.75 Å². The summed E-state index contributed by atoms with van der Waals surface area (Å²) in [6.07, 6.45) is 0. The highest BCUT2D eigenvalue weighted by molar-refractivity contribution is 7.85. The van der Waals surface area contributed by atoms with E-state index in [0.717, 1.165) is 10.2 Å². The van der Waals surface area contributed by atoms with Crippen molar-refractivity contribution in [2.45, 2.75) is 5.75 Å². The number of anilines is 1. The fourth-order valence-electron chi connectivity index (χ4n) is 1.29. The second kappa shape index (κ2) is 3.44. The molecule has 0 aliphatic rings. The van der Waals surface area contributed by atoms with Crippen LogP contribution in [0.15, 0.2) is 18.2 Å². The Labute approximate surface area is 90.3 Å². The zero-order chi connectivity index (χ0) is 11.1. The number of thiazole rings is 1. The summed E-state index contributed by atoms with van der Waals surface area (Å²) in [5.41, 5.74) is 6.76.